The van der Waals surface area contributed by atoms with Gasteiger partial charge in [0.1, 0.15) is 0 Å². The topological polar surface area (TPSA) is 72.8 Å². The van der Waals surface area contributed by atoms with Crippen LogP contribution in [-0.4, -0.2) is 38.7 Å². The van der Waals surface area contributed by atoms with Crippen molar-refractivity contribution in [2.45, 2.75) is 58.3 Å². The summed E-state index contributed by atoms with van der Waals surface area (Å²) in [4.78, 5) is 0. The monoisotopic (exact) mass is 296 g/mol. The highest BCUT2D eigenvalue weighted by Crippen LogP contribution is 2.08. The third-order valence-corrected chi connectivity index (χ3v) is 3.21. The molecule has 0 saturated heterocycles. The van der Waals surface area contributed by atoms with Crippen LogP contribution in [0.3, 0.4) is 0 Å². The molecule has 0 fully saturated rings. The zero-order valence-corrected chi connectivity index (χ0v) is 12.8. The number of rotatable bonds is 14. The van der Waals surface area contributed by atoms with Crippen LogP contribution in [-0.2, 0) is 19.6 Å². The van der Waals surface area contributed by atoms with Gasteiger partial charge in [-0.3, -0.25) is 4.55 Å². The minimum Gasteiger partial charge on any atom is -0.379 e. The second-order valence-corrected chi connectivity index (χ2v) is 6.09. The van der Waals surface area contributed by atoms with E-state index in [0.29, 0.717) is 13.2 Å². The van der Waals surface area contributed by atoms with Gasteiger partial charge in [0, 0.05) is 6.61 Å². The van der Waals surface area contributed by atoms with E-state index in [2.05, 4.69) is 6.92 Å². The highest BCUT2D eigenvalue weighted by molar-refractivity contribution is 7.85. The second kappa shape index (κ2) is 12.8. The highest BCUT2D eigenvalue weighted by Gasteiger charge is 2.02. The SMILES string of the molecule is CCCCCCCCCCOCCOCS(=O)(=O)O. The smallest absolute Gasteiger partial charge is 0.289 e. The summed E-state index contributed by atoms with van der Waals surface area (Å²) < 4.78 is 39.1. The molecule has 0 aliphatic heterocycles. The van der Waals surface area contributed by atoms with Crippen LogP contribution in [0.15, 0.2) is 0 Å². The van der Waals surface area contributed by atoms with Crippen LogP contribution in [0.2, 0.25) is 0 Å². The van der Waals surface area contributed by atoms with E-state index in [0.717, 1.165) is 6.42 Å². The van der Waals surface area contributed by atoms with Gasteiger partial charge >= 0.3 is 0 Å². The average molecular weight is 296 g/mol. The van der Waals surface area contributed by atoms with E-state index in [1.54, 1.807) is 0 Å². The van der Waals surface area contributed by atoms with Gasteiger partial charge in [-0.05, 0) is 6.42 Å². The fourth-order valence-electron chi connectivity index (χ4n) is 1.72. The van der Waals surface area contributed by atoms with Gasteiger partial charge in [-0.15, -0.1) is 0 Å². The number of ether oxygens (including phenoxy) is 2. The van der Waals surface area contributed by atoms with Crippen LogP contribution < -0.4 is 0 Å². The Labute approximate surface area is 117 Å². The Bertz CT molecular complexity index is 277. The Balaban J connectivity index is 3.03. The van der Waals surface area contributed by atoms with Crippen LogP contribution in [0.5, 0.6) is 0 Å². The molecule has 5 nitrogen and oxygen atoms in total. The van der Waals surface area contributed by atoms with E-state index >= 15 is 0 Å². The predicted octanol–water partition coefficient (Wildman–Crippen LogP) is 3.01. The van der Waals surface area contributed by atoms with Gasteiger partial charge in [-0.1, -0.05) is 51.9 Å². The van der Waals surface area contributed by atoms with E-state index in [9.17, 15) is 8.42 Å². The molecule has 0 aliphatic carbocycles. The van der Waals surface area contributed by atoms with E-state index in [1.807, 2.05) is 0 Å². The summed E-state index contributed by atoms with van der Waals surface area (Å²) in [7, 11) is -4.02. The molecule has 0 amide bonds. The molecular weight excluding hydrogens is 268 g/mol. The third-order valence-electron chi connectivity index (χ3n) is 2.75. The zero-order valence-electron chi connectivity index (χ0n) is 12.0. The molecule has 1 N–H and O–H groups in total. The van der Waals surface area contributed by atoms with Crippen LogP contribution in [0.4, 0.5) is 0 Å². The second-order valence-electron chi connectivity index (χ2n) is 4.70. The first kappa shape index (κ1) is 18.8. The molecule has 0 bridgehead atoms. The lowest BCUT2D eigenvalue weighted by atomic mass is 10.1. The van der Waals surface area contributed by atoms with Gasteiger partial charge in [-0.2, -0.15) is 8.42 Å². The summed E-state index contributed by atoms with van der Waals surface area (Å²) >= 11 is 0. The Morgan fingerprint density at radius 1 is 0.789 bits per heavy atom. The molecule has 0 aliphatic rings. The van der Waals surface area contributed by atoms with Crippen molar-refractivity contribution >= 4 is 10.1 Å². The van der Waals surface area contributed by atoms with Crippen molar-refractivity contribution in [3.8, 4) is 0 Å². The molecule has 0 atom stereocenters. The summed E-state index contributed by atoms with van der Waals surface area (Å²) in [5.41, 5.74) is 0. The molecule has 0 aromatic rings. The molecule has 0 radical (unpaired) electrons. The standard InChI is InChI=1S/C13H28O5S/c1-2-3-4-5-6-7-8-9-10-17-11-12-18-13-19(14,15)16/h2-13H2,1H3,(H,14,15,16). The highest BCUT2D eigenvalue weighted by atomic mass is 32.2. The molecule has 0 heterocycles. The van der Waals surface area contributed by atoms with Crippen molar-refractivity contribution in [2.75, 3.05) is 25.8 Å². The summed E-state index contributed by atoms with van der Waals surface area (Å²) in [5.74, 6) is -0.659. The summed E-state index contributed by atoms with van der Waals surface area (Å²) in [6.45, 7) is 3.46. The Morgan fingerprint density at radius 3 is 1.89 bits per heavy atom. The summed E-state index contributed by atoms with van der Waals surface area (Å²) in [5, 5.41) is 0. The van der Waals surface area contributed by atoms with Crippen molar-refractivity contribution < 1.29 is 22.4 Å². The first-order valence-electron chi connectivity index (χ1n) is 7.17. The number of unbranched alkanes of at least 4 members (excludes halogenated alkanes) is 7. The quantitative estimate of drug-likeness (QED) is 0.394. The minimum atomic E-state index is -4.02. The van der Waals surface area contributed by atoms with E-state index in [1.165, 1.54) is 44.9 Å². The van der Waals surface area contributed by atoms with E-state index in [-0.39, 0.29) is 6.61 Å². The number of hydrogen-bond acceptors (Lipinski definition) is 4. The lowest BCUT2D eigenvalue weighted by Crippen LogP contribution is -2.12. The summed E-state index contributed by atoms with van der Waals surface area (Å²) in [6, 6.07) is 0. The van der Waals surface area contributed by atoms with Crippen molar-refractivity contribution in [1.82, 2.24) is 0 Å². The van der Waals surface area contributed by atoms with E-state index in [4.69, 9.17) is 14.0 Å². The fourth-order valence-corrected chi connectivity index (χ4v) is 2.05. The van der Waals surface area contributed by atoms with Gasteiger partial charge in [0.25, 0.3) is 10.1 Å². The van der Waals surface area contributed by atoms with Gasteiger partial charge < -0.3 is 9.47 Å². The van der Waals surface area contributed by atoms with Gasteiger partial charge in [0.15, 0.2) is 5.94 Å². The Kier molecular flexibility index (Phi) is 12.7. The molecule has 0 aromatic carbocycles. The van der Waals surface area contributed by atoms with Gasteiger partial charge in [0.05, 0.1) is 13.2 Å². The fraction of sp³-hybridized carbons (Fsp3) is 1.00. The first-order valence-corrected chi connectivity index (χ1v) is 8.78. The van der Waals surface area contributed by atoms with Crippen molar-refractivity contribution in [1.29, 1.82) is 0 Å². The van der Waals surface area contributed by atoms with Crippen molar-refractivity contribution in [3.63, 3.8) is 0 Å². The van der Waals surface area contributed by atoms with E-state index < -0.39 is 16.1 Å². The zero-order chi connectivity index (χ0) is 14.4. The molecule has 19 heavy (non-hydrogen) atoms. The summed E-state index contributed by atoms with van der Waals surface area (Å²) in [6.07, 6.45) is 10.1. The van der Waals surface area contributed by atoms with Crippen LogP contribution in [0.1, 0.15) is 58.3 Å². The maximum atomic E-state index is 10.3. The first-order chi connectivity index (χ1) is 9.06. The predicted molar refractivity (Wildman–Crippen MR) is 75.8 cm³/mol. The minimum absolute atomic E-state index is 0.191. The van der Waals surface area contributed by atoms with Crippen molar-refractivity contribution in [3.05, 3.63) is 0 Å². The molecule has 0 aromatic heterocycles. The average Bonchev–Trinajstić information content (AvgIpc) is 2.34. The van der Waals surface area contributed by atoms with Crippen LogP contribution in [0, 0.1) is 0 Å². The lowest BCUT2D eigenvalue weighted by Gasteiger charge is -2.05. The maximum Gasteiger partial charge on any atom is 0.289 e. The maximum absolute atomic E-state index is 10.3. The third kappa shape index (κ3) is 17.8. The van der Waals surface area contributed by atoms with Gasteiger partial charge in [0.2, 0.25) is 0 Å². The van der Waals surface area contributed by atoms with Crippen LogP contribution in [0.25, 0.3) is 0 Å². The Hall–Kier alpha value is -0.170. The normalized spacial score (nSPS) is 11.9. The Morgan fingerprint density at radius 2 is 1.32 bits per heavy atom. The molecular formula is C13H28O5S. The van der Waals surface area contributed by atoms with Crippen LogP contribution >= 0.6 is 0 Å². The lowest BCUT2D eigenvalue weighted by molar-refractivity contribution is 0.0606. The molecule has 116 valence electrons. The number of hydrogen-bond donors (Lipinski definition) is 1. The van der Waals surface area contributed by atoms with Gasteiger partial charge in [-0.25, -0.2) is 0 Å². The largest absolute Gasteiger partial charge is 0.379 e. The molecule has 0 unspecified atom stereocenters. The molecule has 0 spiro atoms. The molecule has 0 saturated carbocycles. The molecule has 0 rings (SSSR count). The molecule has 6 heteroatoms. The van der Waals surface area contributed by atoms with Crippen molar-refractivity contribution in [2.24, 2.45) is 0 Å².